The molecule has 2 amide bonds. The summed E-state index contributed by atoms with van der Waals surface area (Å²) in [7, 11) is 0. The summed E-state index contributed by atoms with van der Waals surface area (Å²) in [6.07, 6.45) is 2.94. The van der Waals surface area contributed by atoms with Crippen molar-refractivity contribution in [2.45, 2.75) is 6.42 Å². The molecule has 8 heteroatoms. The number of hydrogen-bond acceptors (Lipinski definition) is 4. The van der Waals surface area contributed by atoms with Crippen molar-refractivity contribution in [3.05, 3.63) is 45.8 Å². The van der Waals surface area contributed by atoms with Crippen molar-refractivity contribution in [1.82, 2.24) is 4.90 Å². The number of halogens is 1. The molecule has 1 atom stereocenters. The zero-order chi connectivity index (χ0) is 16.3. The number of benzene rings is 1. The molecule has 1 aromatic rings. The van der Waals surface area contributed by atoms with Crippen LogP contribution in [0.25, 0.3) is 6.08 Å². The number of primary amides is 1. The highest BCUT2D eigenvalue weighted by Crippen LogP contribution is 2.22. The zero-order valence-corrected chi connectivity index (χ0v) is 11.6. The summed E-state index contributed by atoms with van der Waals surface area (Å²) in [5.41, 5.74) is 4.90. The Balaban J connectivity index is 2.11. The van der Waals surface area contributed by atoms with Gasteiger partial charge in [0, 0.05) is 19.2 Å². The molecule has 0 saturated carbocycles. The number of hydrogen-bond donors (Lipinski definition) is 1. The van der Waals surface area contributed by atoms with Crippen LogP contribution in [0, 0.1) is 21.8 Å². The number of rotatable bonds is 4. The Morgan fingerprint density at radius 1 is 1.45 bits per heavy atom. The first-order valence-corrected chi connectivity index (χ1v) is 6.58. The fraction of sp³-hybridized carbons (Fsp3) is 0.286. The maximum absolute atomic E-state index is 13.0. The van der Waals surface area contributed by atoms with Gasteiger partial charge in [0.15, 0.2) is 0 Å². The fourth-order valence-corrected chi connectivity index (χ4v) is 2.28. The molecular weight excluding hydrogens is 293 g/mol. The van der Waals surface area contributed by atoms with Gasteiger partial charge in [0.25, 0.3) is 5.69 Å². The predicted octanol–water partition coefficient (Wildman–Crippen LogP) is 1.08. The normalized spacial score (nSPS) is 17.9. The second-order valence-electron chi connectivity index (χ2n) is 4.97. The van der Waals surface area contributed by atoms with Gasteiger partial charge in [-0.1, -0.05) is 0 Å². The number of carbonyl (C=O) groups excluding carboxylic acids is 2. The van der Waals surface area contributed by atoms with Crippen LogP contribution >= 0.6 is 0 Å². The topological polar surface area (TPSA) is 107 Å². The highest BCUT2D eigenvalue weighted by Gasteiger charge is 2.28. The van der Waals surface area contributed by atoms with Crippen LogP contribution in [-0.4, -0.2) is 34.7 Å². The molecule has 1 aliphatic rings. The molecule has 0 spiro atoms. The molecule has 1 aliphatic heterocycles. The molecule has 7 nitrogen and oxygen atoms in total. The lowest BCUT2D eigenvalue weighted by atomic mass is 10.1. The Kier molecular flexibility index (Phi) is 4.50. The largest absolute Gasteiger partial charge is 0.369 e. The molecular formula is C14H14FN3O4. The van der Waals surface area contributed by atoms with Crippen LogP contribution in [0.4, 0.5) is 10.1 Å². The molecule has 2 N–H and O–H groups in total. The minimum Gasteiger partial charge on any atom is -0.369 e. The van der Waals surface area contributed by atoms with E-state index in [1.54, 1.807) is 0 Å². The molecule has 1 fully saturated rings. The molecule has 116 valence electrons. The predicted molar refractivity (Wildman–Crippen MR) is 76.0 cm³/mol. The van der Waals surface area contributed by atoms with Gasteiger partial charge in [-0.05, 0) is 24.6 Å². The van der Waals surface area contributed by atoms with E-state index in [2.05, 4.69) is 0 Å². The van der Waals surface area contributed by atoms with E-state index in [-0.39, 0.29) is 23.9 Å². The van der Waals surface area contributed by atoms with E-state index < -0.39 is 22.3 Å². The number of likely N-dealkylation sites (tertiary alicyclic amines) is 1. The molecule has 1 heterocycles. The summed E-state index contributed by atoms with van der Waals surface area (Å²) in [5, 5.41) is 10.9. The summed E-state index contributed by atoms with van der Waals surface area (Å²) in [6, 6.07) is 3.10. The monoisotopic (exact) mass is 307 g/mol. The van der Waals surface area contributed by atoms with Crippen molar-refractivity contribution in [1.29, 1.82) is 0 Å². The number of carbonyl (C=O) groups is 2. The maximum Gasteiger partial charge on any atom is 0.279 e. The van der Waals surface area contributed by atoms with E-state index in [0.29, 0.717) is 13.0 Å². The van der Waals surface area contributed by atoms with E-state index in [1.807, 2.05) is 0 Å². The first-order chi connectivity index (χ1) is 10.4. The van der Waals surface area contributed by atoms with Gasteiger partial charge < -0.3 is 10.6 Å². The zero-order valence-electron chi connectivity index (χ0n) is 11.6. The quantitative estimate of drug-likeness (QED) is 0.510. The van der Waals surface area contributed by atoms with Crippen molar-refractivity contribution in [3.63, 3.8) is 0 Å². The second-order valence-corrected chi connectivity index (χ2v) is 4.97. The lowest BCUT2D eigenvalue weighted by Crippen LogP contribution is -2.30. The van der Waals surface area contributed by atoms with Crippen LogP contribution in [0.2, 0.25) is 0 Å². The van der Waals surface area contributed by atoms with Crippen molar-refractivity contribution in [3.8, 4) is 0 Å². The van der Waals surface area contributed by atoms with E-state index >= 15 is 0 Å². The maximum atomic E-state index is 13.0. The van der Waals surface area contributed by atoms with Gasteiger partial charge in [0.05, 0.1) is 22.5 Å². The Morgan fingerprint density at radius 3 is 2.77 bits per heavy atom. The third-order valence-corrected chi connectivity index (χ3v) is 3.50. The second kappa shape index (κ2) is 6.33. The summed E-state index contributed by atoms with van der Waals surface area (Å²) < 4.78 is 13.0. The number of amides is 2. The summed E-state index contributed by atoms with van der Waals surface area (Å²) in [5.74, 6) is -1.91. The summed E-state index contributed by atoms with van der Waals surface area (Å²) in [4.78, 5) is 34.6. The van der Waals surface area contributed by atoms with E-state index in [9.17, 15) is 24.1 Å². The van der Waals surface area contributed by atoms with E-state index in [4.69, 9.17) is 5.73 Å². The lowest BCUT2D eigenvalue weighted by molar-refractivity contribution is -0.385. The van der Waals surface area contributed by atoms with Gasteiger partial charge in [-0.2, -0.15) is 0 Å². The Labute approximate surface area is 125 Å². The number of nitrogens with zero attached hydrogens (tertiary/aromatic N) is 2. The van der Waals surface area contributed by atoms with Gasteiger partial charge in [0.2, 0.25) is 11.8 Å². The highest BCUT2D eigenvalue weighted by molar-refractivity contribution is 5.93. The first-order valence-electron chi connectivity index (χ1n) is 6.58. The van der Waals surface area contributed by atoms with Crippen molar-refractivity contribution >= 4 is 23.6 Å². The van der Waals surface area contributed by atoms with Gasteiger partial charge in [-0.3, -0.25) is 19.7 Å². The lowest BCUT2D eigenvalue weighted by Gasteiger charge is -2.13. The van der Waals surface area contributed by atoms with Crippen molar-refractivity contribution in [2.75, 3.05) is 13.1 Å². The first kappa shape index (κ1) is 15.6. The van der Waals surface area contributed by atoms with Gasteiger partial charge in [-0.25, -0.2) is 4.39 Å². The number of nitro benzene ring substituents is 1. The average Bonchev–Trinajstić information content (AvgIpc) is 2.95. The minimum absolute atomic E-state index is 0.130. The van der Waals surface area contributed by atoms with Crippen LogP contribution in [0.1, 0.15) is 12.0 Å². The Hall–Kier alpha value is -2.77. The van der Waals surface area contributed by atoms with Gasteiger partial charge >= 0.3 is 0 Å². The Morgan fingerprint density at radius 2 is 2.18 bits per heavy atom. The van der Waals surface area contributed by atoms with Crippen LogP contribution in [0.15, 0.2) is 24.3 Å². The molecule has 22 heavy (non-hydrogen) atoms. The number of nitro groups is 1. The highest BCUT2D eigenvalue weighted by atomic mass is 19.1. The van der Waals surface area contributed by atoms with Crippen LogP contribution in [0.5, 0.6) is 0 Å². The van der Waals surface area contributed by atoms with Crippen molar-refractivity contribution < 1.29 is 18.9 Å². The molecule has 0 aliphatic carbocycles. The molecule has 1 aromatic carbocycles. The third-order valence-electron chi connectivity index (χ3n) is 3.50. The van der Waals surface area contributed by atoms with Gasteiger partial charge in [0.1, 0.15) is 5.82 Å². The minimum atomic E-state index is -0.723. The van der Waals surface area contributed by atoms with Crippen LogP contribution in [0.3, 0.4) is 0 Å². The average molecular weight is 307 g/mol. The standard InChI is InChI=1S/C14H14FN3O4/c15-11-3-1-9(12(7-11)18(21)22)2-4-13(19)17-6-5-10(8-17)14(16)20/h1-4,7,10H,5-6,8H2,(H2,16,20)/b4-2+. The molecule has 1 saturated heterocycles. The van der Waals surface area contributed by atoms with Crippen LogP contribution in [-0.2, 0) is 9.59 Å². The summed E-state index contributed by atoms with van der Waals surface area (Å²) >= 11 is 0. The fourth-order valence-electron chi connectivity index (χ4n) is 2.28. The molecule has 0 radical (unpaired) electrons. The van der Waals surface area contributed by atoms with Crippen LogP contribution < -0.4 is 5.73 Å². The molecule has 0 bridgehead atoms. The van der Waals surface area contributed by atoms with E-state index in [1.165, 1.54) is 23.1 Å². The SMILES string of the molecule is NC(=O)C1CCN(C(=O)/C=C/c2ccc(F)cc2[N+](=O)[O-])C1. The molecule has 0 aromatic heterocycles. The smallest absolute Gasteiger partial charge is 0.279 e. The molecule has 2 rings (SSSR count). The third kappa shape index (κ3) is 3.46. The van der Waals surface area contributed by atoms with Gasteiger partial charge in [-0.15, -0.1) is 0 Å². The molecule has 1 unspecified atom stereocenters. The van der Waals surface area contributed by atoms with Crippen molar-refractivity contribution in [2.24, 2.45) is 11.7 Å². The van der Waals surface area contributed by atoms with E-state index in [0.717, 1.165) is 12.1 Å². The Bertz CT molecular complexity index is 659. The number of nitrogens with two attached hydrogens (primary N) is 1. The summed E-state index contributed by atoms with van der Waals surface area (Å²) in [6.45, 7) is 0.645.